The Bertz CT molecular complexity index is 2110. The average Bonchev–Trinajstić information content (AvgIpc) is 3.34. The number of hydrogen-bond donors (Lipinski definition) is 12. The van der Waals surface area contributed by atoms with E-state index in [-0.39, 0.29) is 29.5 Å². The van der Waals surface area contributed by atoms with Gasteiger partial charge in [0.1, 0.15) is 73.2 Å². The summed E-state index contributed by atoms with van der Waals surface area (Å²) in [7, 11) is 0. The average molecular weight is 1060 g/mol. The van der Waals surface area contributed by atoms with Crippen LogP contribution < -0.4 is 0 Å². The summed E-state index contributed by atoms with van der Waals surface area (Å²) in [4.78, 5) is 28.9. The van der Waals surface area contributed by atoms with E-state index in [1.54, 1.807) is 6.92 Å². The van der Waals surface area contributed by atoms with Gasteiger partial charge in [0.2, 0.25) is 6.29 Å². The molecule has 12 N–H and O–H groups in total. The fourth-order valence-electron chi connectivity index (χ4n) is 15.8. The third kappa shape index (κ3) is 8.98. The molecule has 74 heavy (non-hydrogen) atoms. The van der Waals surface area contributed by atoms with Gasteiger partial charge in [0.05, 0.1) is 38.1 Å². The van der Waals surface area contributed by atoms with Crippen LogP contribution in [0, 0.1) is 50.2 Å². The third-order valence-corrected chi connectivity index (χ3v) is 20.5. The summed E-state index contributed by atoms with van der Waals surface area (Å²) in [5.74, 6) is -2.16. The Morgan fingerprint density at radius 3 is 1.91 bits per heavy atom. The Kier molecular flexibility index (Phi) is 15.4. The second kappa shape index (κ2) is 20.0. The largest absolute Gasteiger partial charge is 0.431 e. The second-order valence-electron chi connectivity index (χ2n) is 25.5. The number of rotatable bonds is 9. The minimum absolute atomic E-state index is 0.0126. The number of aliphatic hydroxyl groups is 12. The first-order valence-corrected chi connectivity index (χ1v) is 26.5. The van der Waals surface area contributed by atoms with Gasteiger partial charge >= 0.3 is 5.97 Å². The van der Waals surface area contributed by atoms with Crippen molar-refractivity contribution >= 4 is 11.8 Å². The lowest BCUT2D eigenvalue weighted by Gasteiger charge is -2.71. The van der Waals surface area contributed by atoms with Crippen LogP contribution in [0.4, 0.5) is 0 Å². The molecule has 4 aliphatic heterocycles. The van der Waals surface area contributed by atoms with Crippen LogP contribution in [0.25, 0.3) is 0 Å². The molecule has 28 atom stereocenters. The van der Waals surface area contributed by atoms with E-state index in [4.69, 9.17) is 37.9 Å². The SMILES string of the molecule is C[C@@H]1O[C@@H](OC2CC(C)(C)CC3C4=CC(=O)C5[C@@]6(C)CCC(O[C@@H]7O[C@H](C(=O)O[C@H]8OC[C@@H](O[C@H]9OC[C@@H](O)[C@H](O)[C@H]9O)[C@H](O)[C@H]8O)[C@@H](O)[C@H](O)[C@H]7O)[C@](C)(CO)C6CC[C@@]5(C)[C@]4(C)CC[C@@]23C)[C@H](O)[C@H](O)[C@H]1O. The molecule has 4 heterocycles. The Morgan fingerprint density at radius 1 is 0.622 bits per heavy atom. The second-order valence-corrected chi connectivity index (χ2v) is 25.5. The van der Waals surface area contributed by atoms with Crippen LogP contribution in [-0.2, 0) is 47.5 Å². The van der Waals surface area contributed by atoms with Gasteiger partial charge < -0.3 is 99.2 Å². The van der Waals surface area contributed by atoms with E-state index in [1.807, 2.05) is 13.0 Å². The van der Waals surface area contributed by atoms with Crippen LogP contribution in [-0.4, -0.2) is 216 Å². The van der Waals surface area contributed by atoms with Crippen LogP contribution in [0.5, 0.6) is 0 Å². The molecular weight excluding hydrogens is 977 g/mol. The van der Waals surface area contributed by atoms with Gasteiger partial charge in [-0.1, -0.05) is 54.0 Å². The van der Waals surface area contributed by atoms with Crippen molar-refractivity contribution in [2.24, 2.45) is 50.2 Å². The van der Waals surface area contributed by atoms with Crippen molar-refractivity contribution in [3.63, 3.8) is 0 Å². The predicted octanol–water partition coefficient (Wildman–Crippen LogP) is -1.58. The summed E-state index contributed by atoms with van der Waals surface area (Å²) in [5, 5.41) is 129. The van der Waals surface area contributed by atoms with Crippen LogP contribution in [0.15, 0.2) is 11.6 Å². The Morgan fingerprint density at radius 2 is 1.23 bits per heavy atom. The maximum absolute atomic E-state index is 15.3. The lowest BCUT2D eigenvalue weighted by atomic mass is 9.33. The summed E-state index contributed by atoms with van der Waals surface area (Å²) in [6.45, 7) is 15.4. The van der Waals surface area contributed by atoms with Gasteiger partial charge in [0, 0.05) is 16.7 Å². The highest BCUT2D eigenvalue weighted by Gasteiger charge is 2.72. The quantitative estimate of drug-likeness (QED) is 0.0916. The third-order valence-electron chi connectivity index (χ3n) is 20.5. The van der Waals surface area contributed by atoms with Gasteiger partial charge in [0.25, 0.3) is 0 Å². The molecule has 0 aromatic carbocycles. The monoisotopic (exact) mass is 1060 g/mol. The van der Waals surface area contributed by atoms with Crippen LogP contribution in [0.1, 0.15) is 107 Å². The summed E-state index contributed by atoms with van der Waals surface area (Å²) in [6, 6.07) is 0. The zero-order chi connectivity index (χ0) is 54.2. The molecule has 0 spiro atoms. The van der Waals surface area contributed by atoms with Gasteiger partial charge in [-0.05, 0) is 97.9 Å². The molecule has 0 bridgehead atoms. The van der Waals surface area contributed by atoms with Gasteiger partial charge in [-0.15, -0.1) is 0 Å². The van der Waals surface area contributed by atoms with Crippen molar-refractivity contribution in [1.82, 2.24) is 0 Å². The van der Waals surface area contributed by atoms with Crippen molar-refractivity contribution in [2.45, 2.75) is 230 Å². The van der Waals surface area contributed by atoms with E-state index >= 15 is 4.79 Å². The number of carbonyl (C=O) groups excluding carboxylic acids is 2. The summed E-state index contributed by atoms with van der Waals surface area (Å²) in [6.07, 6.45) is -23.4. The molecule has 8 fully saturated rings. The first kappa shape index (κ1) is 56.8. The molecular formula is C52H82O22. The maximum atomic E-state index is 15.3. The number of fused-ring (bicyclic) bond motifs is 7. The summed E-state index contributed by atoms with van der Waals surface area (Å²) >= 11 is 0. The highest BCUT2D eigenvalue weighted by Crippen LogP contribution is 2.75. The predicted molar refractivity (Wildman–Crippen MR) is 251 cm³/mol. The van der Waals surface area contributed by atoms with Crippen molar-refractivity contribution in [3.8, 4) is 0 Å². The van der Waals surface area contributed by atoms with E-state index < -0.39 is 182 Å². The van der Waals surface area contributed by atoms with Gasteiger partial charge in [0.15, 0.2) is 30.8 Å². The molecule has 0 aromatic rings. The van der Waals surface area contributed by atoms with E-state index in [2.05, 4.69) is 41.5 Å². The van der Waals surface area contributed by atoms with E-state index in [0.717, 1.165) is 24.8 Å². The number of hydrogen-bond acceptors (Lipinski definition) is 22. The Hall–Kier alpha value is -1.88. The molecule has 422 valence electrons. The molecule has 9 aliphatic rings. The van der Waals surface area contributed by atoms with Gasteiger partial charge in [-0.3, -0.25) is 4.79 Å². The molecule has 0 radical (unpaired) electrons. The number of ether oxygens (including phenoxy) is 8. The maximum Gasteiger partial charge on any atom is 0.340 e. The van der Waals surface area contributed by atoms with Crippen molar-refractivity contribution in [1.29, 1.82) is 0 Å². The first-order chi connectivity index (χ1) is 34.5. The molecule has 22 heteroatoms. The Labute approximate surface area is 430 Å². The number of ketones is 1. The lowest BCUT2D eigenvalue weighted by Crippen LogP contribution is -2.69. The molecule has 0 aromatic heterocycles. The highest BCUT2D eigenvalue weighted by atomic mass is 16.8. The molecule has 4 saturated carbocycles. The molecule has 5 unspecified atom stereocenters. The van der Waals surface area contributed by atoms with Crippen molar-refractivity contribution in [3.05, 3.63) is 11.6 Å². The lowest BCUT2D eigenvalue weighted by molar-refractivity contribution is -0.337. The molecule has 22 nitrogen and oxygen atoms in total. The smallest absolute Gasteiger partial charge is 0.340 e. The zero-order valence-electron chi connectivity index (χ0n) is 43.6. The number of allylic oxidation sites excluding steroid dienone is 2. The molecule has 4 saturated heterocycles. The normalized spacial score (nSPS) is 55.4. The first-order valence-electron chi connectivity index (χ1n) is 26.5. The van der Waals surface area contributed by atoms with Gasteiger partial charge in [-0.2, -0.15) is 0 Å². The van der Waals surface area contributed by atoms with E-state index in [9.17, 15) is 66.1 Å². The van der Waals surface area contributed by atoms with Crippen LogP contribution in [0.2, 0.25) is 0 Å². The molecule has 0 amide bonds. The molecule has 5 aliphatic carbocycles. The Balaban J connectivity index is 0.899. The van der Waals surface area contributed by atoms with Crippen molar-refractivity contribution < 1.29 is 109 Å². The van der Waals surface area contributed by atoms with Crippen LogP contribution >= 0.6 is 0 Å². The van der Waals surface area contributed by atoms with E-state index in [1.165, 1.54) is 0 Å². The zero-order valence-corrected chi connectivity index (χ0v) is 43.6. The number of esters is 1. The van der Waals surface area contributed by atoms with E-state index in [0.29, 0.717) is 25.7 Å². The minimum atomic E-state index is -2.06. The van der Waals surface area contributed by atoms with Crippen molar-refractivity contribution in [2.75, 3.05) is 19.8 Å². The number of aliphatic hydroxyl groups excluding tert-OH is 12. The summed E-state index contributed by atoms with van der Waals surface area (Å²) < 4.78 is 46.5. The molecule has 9 rings (SSSR count). The van der Waals surface area contributed by atoms with Crippen LogP contribution in [0.3, 0.4) is 0 Å². The topological polar surface area (TPSA) is 351 Å². The number of carbonyl (C=O) groups is 2. The standard InChI is InChI=1S/C52H82O22/c1-21-30(56)33(59)38(64)45(69-21)72-29-17-47(2,3)16-23-22-15-24(54)41-49(5)11-10-28(50(6,20-53)27(49)9-12-52(41,8)51(22,7)14-13-48(23,29)4)71-46-39(65)34(60)35(61)40(73-46)42(66)74-44-37(63)32(58)26(19-68-44)70-43-36(62)31(57)25(55)18-67-43/h15,21,23,25-41,43-46,53,55-65H,9-14,16-20H2,1-8H3/t21-,23?,25+,26+,27?,28?,29?,30-,31-,32-,33+,34-,35-,36+,37+,38+,39+,40-,41?,43+,44+,45-,46+,48+,49-,50+,51+,52+/m0/s1. The highest BCUT2D eigenvalue weighted by molar-refractivity contribution is 5.95. The van der Waals surface area contributed by atoms with Gasteiger partial charge in [-0.25, -0.2) is 4.79 Å². The fraction of sp³-hybridized carbons (Fsp3) is 0.923. The minimum Gasteiger partial charge on any atom is -0.431 e. The fourth-order valence-corrected chi connectivity index (χ4v) is 15.8. The summed E-state index contributed by atoms with van der Waals surface area (Å²) in [5.41, 5.74) is -2.25.